The molecule has 1 amide bonds. The summed E-state index contributed by atoms with van der Waals surface area (Å²) in [5, 5.41) is 4.89. The lowest BCUT2D eigenvalue weighted by Crippen LogP contribution is -2.05. The molecule has 0 saturated carbocycles. The summed E-state index contributed by atoms with van der Waals surface area (Å²) in [6.07, 6.45) is 0. The van der Waals surface area contributed by atoms with Gasteiger partial charge in [-0.25, -0.2) is 0 Å². The van der Waals surface area contributed by atoms with Gasteiger partial charge in [-0.1, -0.05) is 23.2 Å². The van der Waals surface area contributed by atoms with Gasteiger partial charge >= 0.3 is 0 Å². The van der Waals surface area contributed by atoms with Crippen molar-refractivity contribution in [2.75, 3.05) is 10.0 Å². The highest BCUT2D eigenvalue weighted by atomic mass is 35.5. The number of nitrogens with zero attached hydrogens (tertiary/aromatic N) is 1. The van der Waals surface area contributed by atoms with Crippen LogP contribution in [-0.2, 0) is 4.79 Å². The minimum atomic E-state index is -0.143. The van der Waals surface area contributed by atoms with E-state index in [0.29, 0.717) is 15.9 Å². The molecule has 3 rings (SSSR count). The van der Waals surface area contributed by atoms with E-state index in [1.165, 1.54) is 30.4 Å². The largest absolute Gasteiger partial charge is 0.326 e. The zero-order valence-corrected chi connectivity index (χ0v) is 15.0. The molecule has 0 radical (unpaired) electrons. The molecule has 2 N–H and O–H groups in total. The van der Waals surface area contributed by atoms with Crippen LogP contribution in [0.4, 0.5) is 11.5 Å². The van der Waals surface area contributed by atoms with Crippen LogP contribution in [0, 0.1) is 0 Å². The first-order valence-corrected chi connectivity index (χ1v) is 8.92. The topological polar surface area (TPSA) is 54.0 Å². The molecule has 3 aromatic rings. The third kappa shape index (κ3) is 3.90. The molecule has 0 spiro atoms. The van der Waals surface area contributed by atoms with Crippen molar-refractivity contribution in [3.05, 3.63) is 46.4 Å². The SMILES string of the molecule is CC(=O)Nc1nsc2ccc(NSc3cc(Cl)ccc3Cl)cc12. The Bertz CT molecular complexity index is 882. The highest BCUT2D eigenvalue weighted by Gasteiger charge is 2.09. The van der Waals surface area contributed by atoms with Gasteiger partial charge in [-0.2, -0.15) is 4.37 Å². The smallest absolute Gasteiger partial charge is 0.222 e. The second kappa shape index (κ2) is 6.97. The summed E-state index contributed by atoms with van der Waals surface area (Å²) >= 11 is 14.9. The second-order valence-corrected chi connectivity index (χ2v) is 7.20. The molecule has 0 saturated heterocycles. The van der Waals surface area contributed by atoms with Gasteiger partial charge in [0.25, 0.3) is 0 Å². The van der Waals surface area contributed by atoms with Crippen LogP contribution in [0.3, 0.4) is 0 Å². The monoisotopic (exact) mass is 383 g/mol. The van der Waals surface area contributed by atoms with Crippen molar-refractivity contribution in [2.45, 2.75) is 11.8 Å². The van der Waals surface area contributed by atoms with Crippen molar-refractivity contribution < 1.29 is 4.79 Å². The van der Waals surface area contributed by atoms with Crippen molar-refractivity contribution >= 4 is 74.2 Å². The lowest BCUT2D eigenvalue weighted by Gasteiger charge is -2.08. The molecular weight excluding hydrogens is 373 g/mol. The summed E-state index contributed by atoms with van der Waals surface area (Å²) in [5.41, 5.74) is 0.880. The fraction of sp³-hybridized carbons (Fsp3) is 0.0667. The zero-order chi connectivity index (χ0) is 16.4. The molecule has 23 heavy (non-hydrogen) atoms. The van der Waals surface area contributed by atoms with Crippen LogP contribution in [0.15, 0.2) is 41.3 Å². The number of nitrogens with one attached hydrogen (secondary N) is 2. The Kier molecular flexibility index (Phi) is 4.96. The van der Waals surface area contributed by atoms with Crippen LogP contribution in [-0.4, -0.2) is 10.3 Å². The number of hydrogen-bond donors (Lipinski definition) is 2. The molecule has 0 bridgehead atoms. The quantitative estimate of drug-likeness (QED) is 0.568. The van der Waals surface area contributed by atoms with Crippen molar-refractivity contribution in [1.82, 2.24) is 4.37 Å². The average molecular weight is 384 g/mol. The highest BCUT2D eigenvalue weighted by Crippen LogP contribution is 2.33. The van der Waals surface area contributed by atoms with Gasteiger partial charge in [0.05, 0.1) is 9.72 Å². The van der Waals surface area contributed by atoms with E-state index in [1.54, 1.807) is 18.2 Å². The third-order valence-corrected chi connectivity index (χ3v) is 5.34. The van der Waals surface area contributed by atoms with Gasteiger partial charge in [0, 0.05) is 27.9 Å². The Labute approximate surface area is 151 Å². The van der Waals surface area contributed by atoms with Gasteiger partial charge in [0.15, 0.2) is 5.82 Å². The lowest BCUT2D eigenvalue weighted by atomic mass is 10.2. The molecule has 1 aromatic heterocycles. The number of amides is 1. The predicted molar refractivity (Wildman–Crippen MR) is 99.9 cm³/mol. The van der Waals surface area contributed by atoms with E-state index in [2.05, 4.69) is 14.4 Å². The molecule has 0 fully saturated rings. The van der Waals surface area contributed by atoms with E-state index >= 15 is 0 Å². The molecule has 0 aliphatic rings. The fourth-order valence-electron chi connectivity index (χ4n) is 1.93. The Morgan fingerprint density at radius 1 is 1.22 bits per heavy atom. The maximum absolute atomic E-state index is 11.2. The number of halogens is 2. The Balaban J connectivity index is 1.82. The average Bonchev–Trinajstić information content (AvgIpc) is 2.90. The molecular formula is C15H11Cl2N3OS2. The minimum absolute atomic E-state index is 0.143. The van der Waals surface area contributed by atoms with Gasteiger partial charge < -0.3 is 10.0 Å². The number of aromatic nitrogens is 1. The van der Waals surface area contributed by atoms with E-state index < -0.39 is 0 Å². The van der Waals surface area contributed by atoms with Gasteiger partial charge in [0.2, 0.25) is 5.91 Å². The molecule has 0 atom stereocenters. The molecule has 2 aromatic carbocycles. The van der Waals surface area contributed by atoms with Crippen molar-refractivity contribution in [1.29, 1.82) is 0 Å². The van der Waals surface area contributed by atoms with Crippen LogP contribution >= 0.6 is 46.7 Å². The van der Waals surface area contributed by atoms with E-state index in [0.717, 1.165) is 20.7 Å². The number of carbonyl (C=O) groups is 1. The normalized spacial score (nSPS) is 10.7. The number of anilines is 2. The Morgan fingerprint density at radius 3 is 2.83 bits per heavy atom. The second-order valence-electron chi connectivity index (χ2n) is 4.70. The third-order valence-electron chi connectivity index (χ3n) is 2.94. The van der Waals surface area contributed by atoms with Gasteiger partial charge in [-0.3, -0.25) is 4.79 Å². The molecule has 1 heterocycles. The van der Waals surface area contributed by atoms with Crippen molar-refractivity contribution in [3.63, 3.8) is 0 Å². The van der Waals surface area contributed by atoms with Crippen LogP contribution in [0.25, 0.3) is 10.1 Å². The molecule has 118 valence electrons. The first kappa shape index (κ1) is 16.4. The van der Waals surface area contributed by atoms with Gasteiger partial charge in [0.1, 0.15) is 0 Å². The standard InChI is InChI=1S/C15H11Cl2N3OS2/c1-8(21)18-15-11-7-10(3-5-13(11)22-20-15)19-23-14-6-9(16)2-4-12(14)17/h2-7,19H,1H3,(H,18,20,21). The molecule has 0 aliphatic carbocycles. The number of benzene rings is 2. The van der Waals surface area contributed by atoms with E-state index in [9.17, 15) is 4.79 Å². The molecule has 4 nitrogen and oxygen atoms in total. The van der Waals surface area contributed by atoms with Gasteiger partial charge in [-0.15, -0.1) is 0 Å². The summed E-state index contributed by atoms with van der Waals surface area (Å²) in [5.74, 6) is 0.433. The summed E-state index contributed by atoms with van der Waals surface area (Å²) < 4.78 is 8.49. The van der Waals surface area contributed by atoms with Gasteiger partial charge in [-0.05, 0) is 59.9 Å². The Hall–Kier alpha value is -1.47. The van der Waals surface area contributed by atoms with E-state index in [4.69, 9.17) is 23.2 Å². The summed E-state index contributed by atoms with van der Waals surface area (Å²) in [7, 11) is 0. The summed E-state index contributed by atoms with van der Waals surface area (Å²) in [4.78, 5) is 12.1. The number of fused-ring (bicyclic) bond motifs is 1. The number of carbonyl (C=O) groups excluding carboxylic acids is 1. The van der Waals surface area contributed by atoms with Crippen molar-refractivity contribution in [3.8, 4) is 0 Å². The molecule has 8 heteroatoms. The lowest BCUT2D eigenvalue weighted by molar-refractivity contribution is -0.114. The van der Waals surface area contributed by atoms with E-state index in [-0.39, 0.29) is 5.91 Å². The maximum atomic E-state index is 11.2. The van der Waals surface area contributed by atoms with Crippen LogP contribution in [0.1, 0.15) is 6.92 Å². The predicted octanol–water partition coefficient (Wildman–Crippen LogP) is 5.68. The molecule has 0 unspecified atom stereocenters. The minimum Gasteiger partial charge on any atom is -0.326 e. The Morgan fingerprint density at radius 2 is 2.04 bits per heavy atom. The number of rotatable bonds is 4. The summed E-state index contributed by atoms with van der Waals surface area (Å²) in [6.45, 7) is 1.46. The molecule has 0 aliphatic heterocycles. The van der Waals surface area contributed by atoms with E-state index in [1.807, 2.05) is 18.2 Å². The van der Waals surface area contributed by atoms with Crippen LogP contribution in [0.2, 0.25) is 10.0 Å². The fourth-order valence-corrected chi connectivity index (χ4v) is 3.82. The van der Waals surface area contributed by atoms with Crippen LogP contribution in [0.5, 0.6) is 0 Å². The highest BCUT2D eigenvalue weighted by molar-refractivity contribution is 8.00. The first-order valence-electron chi connectivity index (χ1n) is 6.58. The zero-order valence-electron chi connectivity index (χ0n) is 11.9. The first-order chi connectivity index (χ1) is 11.0. The number of hydrogen-bond acceptors (Lipinski definition) is 5. The van der Waals surface area contributed by atoms with Crippen LogP contribution < -0.4 is 10.0 Å². The summed E-state index contributed by atoms with van der Waals surface area (Å²) in [6, 6.07) is 11.2. The maximum Gasteiger partial charge on any atom is 0.222 e. The van der Waals surface area contributed by atoms with Crippen molar-refractivity contribution in [2.24, 2.45) is 0 Å².